The van der Waals surface area contributed by atoms with Gasteiger partial charge in [0.15, 0.2) is 0 Å². The highest BCUT2D eigenvalue weighted by Crippen LogP contribution is 2.18. The van der Waals surface area contributed by atoms with Gasteiger partial charge in [-0.3, -0.25) is 4.98 Å². The number of nitrogens with one attached hydrogen (secondary N) is 1. The number of nitrogen functional groups attached to an aromatic ring is 1. The Morgan fingerprint density at radius 2 is 2.00 bits per heavy atom. The van der Waals surface area contributed by atoms with E-state index in [1.165, 1.54) is 5.56 Å². The van der Waals surface area contributed by atoms with Crippen LogP contribution in [0.3, 0.4) is 0 Å². The molecule has 0 aliphatic heterocycles. The molecule has 94 valence electrons. The monoisotopic (exact) mass is 243 g/mol. The molecule has 0 radical (unpaired) electrons. The van der Waals surface area contributed by atoms with Crippen molar-refractivity contribution in [3.8, 4) is 0 Å². The van der Waals surface area contributed by atoms with Crippen LogP contribution >= 0.6 is 0 Å². The van der Waals surface area contributed by atoms with Gasteiger partial charge in [-0.2, -0.15) is 0 Å². The fourth-order valence-corrected chi connectivity index (χ4v) is 1.70. The number of anilines is 2. The predicted molar refractivity (Wildman–Crippen MR) is 72.2 cm³/mol. The Hall–Kier alpha value is -2.17. The lowest BCUT2D eigenvalue weighted by atomic mass is 10.1. The normalized spacial score (nSPS) is 10.4. The summed E-state index contributed by atoms with van der Waals surface area (Å²) in [6, 6.07) is 2.00. The van der Waals surface area contributed by atoms with Crippen LogP contribution in [0, 0.1) is 20.8 Å². The first kappa shape index (κ1) is 12.3. The zero-order valence-electron chi connectivity index (χ0n) is 10.9. The summed E-state index contributed by atoms with van der Waals surface area (Å²) in [7, 11) is 0. The molecule has 0 saturated heterocycles. The lowest BCUT2D eigenvalue weighted by Crippen LogP contribution is -2.08. The summed E-state index contributed by atoms with van der Waals surface area (Å²) in [6.45, 7) is 6.48. The minimum absolute atomic E-state index is 0.524. The Morgan fingerprint density at radius 1 is 1.22 bits per heavy atom. The minimum atomic E-state index is 0.524. The van der Waals surface area contributed by atoms with Crippen LogP contribution in [0.4, 0.5) is 11.6 Å². The molecule has 0 bridgehead atoms. The molecule has 0 aliphatic carbocycles. The average Bonchev–Trinajstić information content (AvgIpc) is 2.33. The number of aryl methyl sites for hydroxylation is 2. The van der Waals surface area contributed by atoms with Gasteiger partial charge in [0.2, 0.25) is 0 Å². The number of nitrogens with zero attached hydrogens (tertiary/aromatic N) is 3. The lowest BCUT2D eigenvalue weighted by Gasteiger charge is -2.11. The van der Waals surface area contributed by atoms with Gasteiger partial charge in [0.25, 0.3) is 0 Å². The number of pyridine rings is 1. The molecule has 0 atom stereocenters. The molecule has 5 nitrogen and oxygen atoms in total. The zero-order chi connectivity index (χ0) is 13.1. The number of rotatable bonds is 3. The molecule has 0 aromatic carbocycles. The van der Waals surface area contributed by atoms with E-state index >= 15 is 0 Å². The summed E-state index contributed by atoms with van der Waals surface area (Å²) in [5.41, 5.74) is 9.05. The molecule has 0 saturated carbocycles. The van der Waals surface area contributed by atoms with Crippen molar-refractivity contribution in [1.29, 1.82) is 0 Å². The molecule has 0 unspecified atom stereocenters. The van der Waals surface area contributed by atoms with E-state index in [1.54, 1.807) is 6.20 Å². The van der Waals surface area contributed by atoms with E-state index in [9.17, 15) is 0 Å². The van der Waals surface area contributed by atoms with Crippen molar-refractivity contribution in [1.82, 2.24) is 15.0 Å². The van der Waals surface area contributed by atoms with Gasteiger partial charge in [-0.1, -0.05) is 0 Å². The number of nitrogens with two attached hydrogens (primary N) is 1. The fourth-order valence-electron chi connectivity index (χ4n) is 1.70. The standard InChI is InChI=1S/C13H17N5/c1-8-6-15-5-4-11(8)7-16-13-9(2)12(14)17-10(3)18-13/h4-6H,7H2,1-3H3,(H3,14,16,17,18). The van der Waals surface area contributed by atoms with E-state index in [1.807, 2.05) is 33.0 Å². The van der Waals surface area contributed by atoms with E-state index in [4.69, 9.17) is 5.73 Å². The maximum atomic E-state index is 5.82. The molecule has 0 amide bonds. The van der Waals surface area contributed by atoms with Crippen LogP contribution < -0.4 is 11.1 Å². The summed E-state index contributed by atoms with van der Waals surface area (Å²) in [6.07, 6.45) is 3.64. The zero-order valence-corrected chi connectivity index (χ0v) is 10.9. The van der Waals surface area contributed by atoms with Gasteiger partial charge in [-0.05, 0) is 38.0 Å². The molecule has 0 spiro atoms. The van der Waals surface area contributed by atoms with Gasteiger partial charge in [0.05, 0.1) is 0 Å². The average molecular weight is 243 g/mol. The Morgan fingerprint density at radius 3 is 2.72 bits per heavy atom. The fraction of sp³-hybridized carbons (Fsp3) is 0.308. The van der Waals surface area contributed by atoms with Gasteiger partial charge >= 0.3 is 0 Å². The summed E-state index contributed by atoms with van der Waals surface area (Å²) in [4.78, 5) is 12.6. The summed E-state index contributed by atoms with van der Waals surface area (Å²) < 4.78 is 0. The maximum Gasteiger partial charge on any atom is 0.135 e. The first-order valence-electron chi connectivity index (χ1n) is 5.82. The van der Waals surface area contributed by atoms with E-state index in [-0.39, 0.29) is 0 Å². The molecule has 2 heterocycles. The molecular formula is C13H17N5. The SMILES string of the molecule is Cc1nc(N)c(C)c(NCc2ccncc2C)n1. The topological polar surface area (TPSA) is 76.7 Å². The van der Waals surface area contributed by atoms with Crippen molar-refractivity contribution in [2.24, 2.45) is 0 Å². The van der Waals surface area contributed by atoms with Crippen LogP contribution in [0.1, 0.15) is 22.5 Å². The molecule has 3 N–H and O–H groups in total. The van der Waals surface area contributed by atoms with Crippen molar-refractivity contribution in [2.75, 3.05) is 11.1 Å². The second-order valence-electron chi connectivity index (χ2n) is 4.29. The van der Waals surface area contributed by atoms with Gasteiger partial charge in [0, 0.05) is 24.5 Å². The van der Waals surface area contributed by atoms with Crippen LogP contribution in [0.5, 0.6) is 0 Å². The van der Waals surface area contributed by atoms with Crippen LogP contribution in [-0.4, -0.2) is 15.0 Å². The van der Waals surface area contributed by atoms with Crippen LogP contribution in [-0.2, 0) is 6.54 Å². The Labute approximate surface area is 106 Å². The van der Waals surface area contributed by atoms with Gasteiger partial charge in [0.1, 0.15) is 17.5 Å². The highest BCUT2D eigenvalue weighted by atomic mass is 15.1. The van der Waals surface area contributed by atoms with Crippen molar-refractivity contribution in [2.45, 2.75) is 27.3 Å². The van der Waals surface area contributed by atoms with Gasteiger partial charge < -0.3 is 11.1 Å². The first-order chi connectivity index (χ1) is 8.58. The quantitative estimate of drug-likeness (QED) is 0.862. The second-order valence-corrected chi connectivity index (χ2v) is 4.29. The maximum absolute atomic E-state index is 5.82. The largest absolute Gasteiger partial charge is 0.383 e. The second kappa shape index (κ2) is 5.00. The smallest absolute Gasteiger partial charge is 0.135 e. The van der Waals surface area contributed by atoms with E-state index in [2.05, 4.69) is 20.3 Å². The Balaban J connectivity index is 2.18. The summed E-state index contributed by atoms with van der Waals surface area (Å²) in [5.74, 6) is 1.99. The molecule has 2 rings (SSSR count). The third-order valence-corrected chi connectivity index (χ3v) is 2.88. The molecule has 0 aliphatic rings. The number of aromatic nitrogens is 3. The van der Waals surface area contributed by atoms with E-state index < -0.39 is 0 Å². The molecule has 18 heavy (non-hydrogen) atoms. The van der Waals surface area contributed by atoms with Crippen molar-refractivity contribution >= 4 is 11.6 Å². The third kappa shape index (κ3) is 2.56. The highest BCUT2D eigenvalue weighted by Gasteiger charge is 2.06. The number of hydrogen-bond donors (Lipinski definition) is 2. The predicted octanol–water partition coefficient (Wildman–Crippen LogP) is 1.99. The molecule has 0 fully saturated rings. The van der Waals surface area contributed by atoms with E-state index in [0.717, 1.165) is 16.9 Å². The van der Waals surface area contributed by atoms with Gasteiger partial charge in [-0.15, -0.1) is 0 Å². The Bertz CT molecular complexity index is 565. The van der Waals surface area contributed by atoms with Crippen LogP contribution in [0.25, 0.3) is 0 Å². The third-order valence-electron chi connectivity index (χ3n) is 2.88. The lowest BCUT2D eigenvalue weighted by molar-refractivity contribution is 1.00. The molecular weight excluding hydrogens is 226 g/mol. The summed E-state index contributed by atoms with van der Waals surface area (Å²) in [5, 5.41) is 3.29. The van der Waals surface area contributed by atoms with Crippen LogP contribution in [0.15, 0.2) is 18.5 Å². The minimum Gasteiger partial charge on any atom is -0.383 e. The van der Waals surface area contributed by atoms with Crippen LogP contribution in [0.2, 0.25) is 0 Å². The highest BCUT2D eigenvalue weighted by molar-refractivity contribution is 5.54. The van der Waals surface area contributed by atoms with Crippen molar-refractivity contribution in [3.05, 3.63) is 41.0 Å². The van der Waals surface area contributed by atoms with Gasteiger partial charge in [-0.25, -0.2) is 9.97 Å². The Kier molecular flexibility index (Phi) is 3.41. The summed E-state index contributed by atoms with van der Waals surface area (Å²) >= 11 is 0. The van der Waals surface area contributed by atoms with E-state index in [0.29, 0.717) is 18.2 Å². The molecule has 2 aromatic heterocycles. The first-order valence-corrected chi connectivity index (χ1v) is 5.82. The van der Waals surface area contributed by atoms with Crippen molar-refractivity contribution in [3.63, 3.8) is 0 Å². The molecule has 5 heteroatoms. The number of hydrogen-bond acceptors (Lipinski definition) is 5. The van der Waals surface area contributed by atoms with Crippen molar-refractivity contribution < 1.29 is 0 Å². The molecule has 2 aromatic rings.